The van der Waals surface area contributed by atoms with Gasteiger partial charge in [0, 0.05) is 5.56 Å². The molecule has 1 N–H and O–H groups in total. The fraction of sp³-hybridized carbons (Fsp3) is 0. The third-order valence-electron chi connectivity index (χ3n) is 1.79. The number of carboxylic acid groups (broad SMARTS) is 1. The Hall–Kier alpha value is -1.81. The number of hydrogen-bond donors (Lipinski definition) is 1. The molecule has 0 atom stereocenters. The van der Waals surface area contributed by atoms with E-state index in [1.165, 1.54) is 24.6 Å². The Morgan fingerprint density at radius 2 is 2.20 bits per heavy atom. The molecule has 0 saturated heterocycles. The van der Waals surface area contributed by atoms with Crippen molar-refractivity contribution in [3.05, 3.63) is 42.3 Å². The first-order chi connectivity index (χ1) is 6.77. The first kappa shape index (κ1) is 11.3. The van der Waals surface area contributed by atoms with E-state index in [9.17, 15) is 4.79 Å². The van der Waals surface area contributed by atoms with Crippen molar-refractivity contribution in [2.45, 2.75) is 0 Å². The standard InChI is InChI=1S/C10H7NO3.ClH/c12-10(13)8-3-1-2-7(6-8)9-11-4-5-14-9;/h1-6H,(H,12,13);1H. The first-order valence-electron chi connectivity index (χ1n) is 4.00. The minimum absolute atomic E-state index is 0. The van der Waals surface area contributed by atoms with E-state index in [2.05, 4.69) is 4.98 Å². The molecule has 0 bridgehead atoms. The van der Waals surface area contributed by atoms with Crippen LogP contribution in [-0.2, 0) is 0 Å². The number of aromatic nitrogens is 1. The van der Waals surface area contributed by atoms with Crippen LogP contribution in [0.2, 0.25) is 0 Å². The maximum atomic E-state index is 10.7. The Morgan fingerprint density at radius 1 is 1.40 bits per heavy atom. The lowest BCUT2D eigenvalue weighted by Crippen LogP contribution is -1.95. The van der Waals surface area contributed by atoms with E-state index >= 15 is 0 Å². The SMILES string of the molecule is Cl.O=C(O)c1cccc(-c2ncco2)c1. The molecule has 0 aliphatic rings. The summed E-state index contributed by atoms with van der Waals surface area (Å²) in [6.07, 6.45) is 2.96. The van der Waals surface area contributed by atoms with Gasteiger partial charge in [0.1, 0.15) is 6.26 Å². The molecule has 2 aromatic rings. The Labute approximate surface area is 92.0 Å². The van der Waals surface area contributed by atoms with Crippen LogP contribution in [0.15, 0.2) is 41.1 Å². The highest BCUT2D eigenvalue weighted by Gasteiger charge is 2.06. The number of oxazole rings is 1. The number of carbonyl (C=O) groups is 1. The number of benzene rings is 1. The largest absolute Gasteiger partial charge is 0.478 e. The molecule has 5 heteroatoms. The van der Waals surface area contributed by atoms with E-state index in [0.29, 0.717) is 11.5 Å². The second kappa shape index (κ2) is 4.61. The quantitative estimate of drug-likeness (QED) is 0.853. The van der Waals surface area contributed by atoms with Crippen molar-refractivity contribution < 1.29 is 14.3 Å². The summed E-state index contributed by atoms with van der Waals surface area (Å²) in [5.41, 5.74) is 0.885. The monoisotopic (exact) mass is 225 g/mol. The summed E-state index contributed by atoms with van der Waals surface area (Å²) in [4.78, 5) is 14.6. The van der Waals surface area contributed by atoms with Gasteiger partial charge in [-0.15, -0.1) is 12.4 Å². The molecule has 0 fully saturated rings. The molecule has 15 heavy (non-hydrogen) atoms. The van der Waals surface area contributed by atoms with Gasteiger partial charge in [-0.05, 0) is 18.2 Å². The molecule has 0 aliphatic heterocycles. The van der Waals surface area contributed by atoms with Gasteiger partial charge in [-0.1, -0.05) is 6.07 Å². The zero-order valence-electron chi connectivity index (χ0n) is 7.58. The molecule has 0 saturated carbocycles. The fourth-order valence-electron chi connectivity index (χ4n) is 1.15. The highest BCUT2D eigenvalue weighted by molar-refractivity contribution is 5.88. The average Bonchev–Trinajstić information content (AvgIpc) is 2.71. The van der Waals surface area contributed by atoms with Crippen molar-refractivity contribution in [2.24, 2.45) is 0 Å². The van der Waals surface area contributed by atoms with Gasteiger partial charge in [-0.25, -0.2) is 9.78 Å². The van der Waals surface area contributed by atoms with E-state index in [0.717, 1.165) is 0 Å². The van der Waals surface area contributed by atoms with Crippen LogP contribution in [0, 0.1) is 0 Å². The maximum absolute atomic E-state index is 10.7. The Morgan fingerprint density at radius 3 is 2.80 bits per heavy atom. The van der Waals surface area contributed by atoms with E-state index in [1.54, 1.807) is 12.1 Å². The van der Waals surface area contributed by atoms with Gasteiger partial charge in [-0.3, -0.25) is 0 Å². The number of halogens is 1. The highest BCUT2D eigenvalue weighted by Crippen LogP contribution is 2.17. The number of rotatable bonds is 2. The molecule has 4 nitrogen and oxygen atoms in total. The van der Waals surface area contributed by atoms with Crippen LogP contribution in [0.1, 0.15) is 10.4 Å². The topological polar surface area (TPSA) is 63.3 Å². The summed E-state index contributed by atoms with van der Waals surface area (Å²) in [6, 6.07) is 6.45. The zero-order valence-corrected chi connectivity index (χ0v) is 8.40. The smallest absolute Gasteiger partial charge is 0.335 e. The van der Waals surface area contributed by atoms with E-state index in [-0.39, 0.29) is 18.0 Å². The molecule has 1 aromatic heterocycles. The molecule has 0 radical (unpaired) electrons. The number of carboxylic acids is 1. The van der Waals surface area contributed by atoms with Gasteiger partial charge < -0.3 is 9.52 Å². The van der Waals surface area contributed by atoms with Crippen molar-refractivity contribution in [3.63, 3.8) is 0 Å². The zero-order chi connectivity index (χ0) is 9.97. The van der Waals surface area contributed by atoms with E-state index in [1.807, 2.05) is 0 Å². The third-order valence-corrected chi connectivity index (χ3v) is 1.79. The molecule has 0 aliphatic carbocycles. The van der Waals surface area contributed by atoms with Crippen molar-refractivity contribution >= 4 is 18.4 Å². The number of aromatic carboxylic acids is 1. The Kier molecular flexibility index (Phi) is 3.46. The molecule has 2 rings (SSSR count). The predicted molar refractivity (Wildman–Crippen MR) is 56.1 cm³/mol. The minimum atomic E-state index is -0.960. The lowest BCUT2D eigenvalue weighted by molar-refractivity contribution is 0.0697. The highest BCUT2D eigenvalue weighted by atomic mass is 35.5. The first-order valence-corrected chi connectivity index (χ1v) is 4.00. The summed E-state index contributed by atoms with van der Waals surface area (Å²) >= 11 is 0. The third kappa shape index (κ3) is 2.35. The van der Waals surface area contributed by atoms with Crippen LogP contribution in [0.25, 0.3) is 11.5 Å². The molecular weight excluding hydrogens is 218 g/mol. The summed E-state index contributed by atoms with van der Waals surface area (Å²) in [7, 11) is 0. The minimum Gasteiger partial charge on any atom is -0.478 e. The summed E-state index contributed by atoms with van der Waals surface area (Å²) in [6.45, 7) is 0. The van der Waals surface area contributed by atoms with Gasteiger partial charge >= 0.3 is 5.97 Å². The maximum Gasteiger partial charge on any atom is 0.335 e. The molecule has 78 valence electrons. The molecular formula is C10H8ClNO3. The van der Waals surface area contributed by atoms with E-state index < -0.39 is 5.97 Å². The van der Waals surface area contributed by atoms with Crippen molar-refractivity contribution in [1.29, 1.82) is 0 Å². The molecule has 1 heterocycles. The van der Waals surface area contributed by atoms with Crippen LogP contribution < -0.4 is 0 Å². The van der Waals surface area contributed by atoms with Crippen molar-refractivity contribution in [3.8, 4) is 11.5 Å². The van der Waals surface area contributed by atoms with Gasteiger partial charge in [0.25, 0.3) is 0 Å². The van der Waals surface area contributed by atoms with Gasteiger partial charge in [0.05, 0.1) is 11.8 Å². The second-order valence-electron chi connectivity index (χ2n) is 2.72. The molecule has 0 amide bonds. The lowest BCUT2D eigenvalue weighted by atomic mass is 10.1. The predicted octanol–water partition coefficient (Wildman–Crippen LogP) is 2.46. The summed E-state index contributed by atoms with van der Waals surface area (Å²) in [5.74, 6) is -0.536. The van der Waals surface area contributed by atoms with Crippen molar-refractivity contribution in [2.75, 3.05) is 0 Å². The normalized spacial score (nSPS) is 9.33. The second-order valence-corrected chi connectivity index (χ2v) is 2.72. The van der Waals surface area contributed by atoms with Crippen LogP contribution >= 0.6 is 12.4 Å². The van der Waals surface area contributed by atoms with Crippen LogP contribution in [0.4, 0.5) is 0 Å². The number of nitrogens with zero attached hydrogens (tertiary/aromatic N) is 1. The van der Waals surface area contributed by atoms with Gasteiger partial charge in [-0.2, -0.15) is 0 Å². The lowest BCUT2D eigenvalue weighted by Gasteiger charge is -1.97. The summed E-state index contributed by atoms with van der Waals surface area (Å²) < 4.78 is 5.05. The Bertz CT molecular complexity index is 453. The number of hydrogen-bond acceptors (Lipinski definition) is 3. The molecule has 1 aromatic carbocycles. The summed E-state index contributed by atoms with van der Waals surface area (Å²) in [5, 5.41) is 8.76. The van der Waals surface area contributed by atoms with Gasteiger partial charge in [0.2, 0.25) is 5.89 Å². The Balaban J connectivity index is 0.00000112. The van der Waals surface area contributed by atoms with Crippen LogP contribution in [0.5, 0.6) is 0 Å². The van der Waals surface area contributed by atoms with Gasteiger partial charge in [0.15, 0.2) is 0 Å². The fourth-order valence-corrected chi connectivity index (χ4v) is 1.15. The average molecular weight is 226 g/mol. The molecule has 0 spiro atoms. The van der Waals surface area contributed by atoms with Crippen molar-refractivity contribution in [1.82, 2.24) is 4.98 Å². The van der Waals surface area contributed by atoms with Crippen LogP contribution in [-0.4, -0.2) is 16.1 Å². The van der Waals surface area contributed by atoms with Crippen LogP contribution in [0.3, 0.4) is 0 Å². The molecule has 0 unspecified atom stereocenters. The van der Waals surface area contributed by atoms with E-state index in [4.69, 9.17) is 9.52 Å².